The summed E-state index contributed by atoms with van der Waals surface area (Å²) in [6, 6.07) is 20.5. The number of hydrogen-bond acceptors (Lipinski definition) is 5. The van der Waals surface area contributed by atoms with Crippen LogP contribution < -0.4 is 5.32 Å². The fourth-order valence-corrected chi connectivity index (χ4v) is 4.72. The van der Waals surface area contributed by atoms with Gasteiger partial charge in [-0.2, -0.15) is 9.57 Å². The van der Waals surface area contributed by atoms with Crippen molar-refractivity contribution in [1.82, 2.24) is 9.62 Å². The van der Waals surface area contributed by atoms with Crippen LogP contribution in [0.4, 0.5) is 0 Å². The maximum Gasteiger partial charge on any atom is 0.243 e. The van der Waals surface area contributed by atoms with Gasteiger partial charge in [-0.1, -0.05) is 36.4 Å². The maximum absolute atomic E-state index is 12.7. The van der Waals surface area contributed by atoms with E-state index in [1.165, 1.54) is 42.6 Å². The van der Waals surface area contributed by atoms with Crippen molar-refractivity contribution in [2.75, 3.05) is 13.6 Å². The number of carbonyl (C=O) groups is 1. The summed E-state index contributed by atoms with van der Waals surface area (Å²) in [6.07, 6.45) is 0. The van der Waals surface area contributed by atoms with Gasteiger partial charge in [-0.15, -0.1) is 11.3 Å². The van der Waals surface area contributed by atoms with Crippen molar-refractivity contribution in [3.63, 3.8) is 0 Å². The molecule has 8 heteroatoms. The first-order chi connectivity index (χ1) is 13.9. The third kappa shape index (κ3) is 4.90. The molecule has 3 rings (SSSR count). The second kappa shape index (κ2) is 9.01. The molecule has 1 atom stereocenters. The highest BCUT2D eigenvalue weighted by molar-refractivity contribution is 7.89. The minimum absolute atomic E-state index is 0.0321. The Kier molecular flexibility index (Phi) is 6.44. The third-order valence-electron chi connectivity index (χ3n) is 4.32. The summed E-state index contributed by atoms with van der Waals surface area (Å²) in [4.78, 5) is 13.6. The summed E-state index contributed by atoms with van der Waals surface area (Å²) >= 11 is 1.52. The molecule has 148 valence electrons. The summed E-state index contributed by atoms with van der Waals surface area (Å²) in [5.74, 6) is -0.410. The van der Waals surface area contributed by atoms with E-state index >= 15 is 0 Å². The predicted octanol–water partition coefficient (Wildman–Crippen LogP) is 3.15. The van der Waals surface area contributed by atoms with Crippen LogP contribution in [0.15, 0.2) is 77.0 Å². The molecule has 6 nitrogen and oxygen atoms in total. The van der Waals surface area contributed by atoms with Gasteiger partial charge in [0.25, 0.3) is 0 Å². The number of nitrogens with one attached hydrogen (secondary N) is 1. The Balaban J connectivity index is 1.75. The second-order valence-electron chi connectivity index (χ2n) is 6.32. The zero-order chi connectivity index (χ0) is 20.9. The number of benzene rings is 2. The van der Waals surface area contributed by atoms with Gasteiger partial charge in [0, 0.05) is 11.9 Å². The van der Waals surface area contributed by atoms with E-state index in [9.17, 15) is 13.2 Å². The Bertz CT molecular complexity index is 1100. The van der Waals surface area contributed by atoms with Crippen LogP contribution in [0.2, 0.25) is 0 Å². The molecule has 0 saturated heterocycles. The van der Waals surface area contributed by atoms with Gasteiger partial charge >= 0.3 is 0 Å². The molecule has 29 heavy (non-hydrogen) atoms. The Morgan fingerprint density at radius 2 is 1.79 bits per heavy atom. The van der Waals surface area contributed by atoms with E-state index < -0.39 is 15.9 Å². The van der Waals surface area contributed by atoms with Crippen LogP contribution in [0, 0.1) is 11.3 Å². The molecule has 3 aromatic rings. The van der Waals surface area contributed by atoms with Gasteiger partial charge in [-0.3, -0.25) is 4.79 Å². The quantitative estimate of drug-likeness (QED) is 0.630. The first-order valence-corrected chi connectivity index (χ1v) is 11.1. The smallest absolute Gasteiger partial charge is 0.243 e. The molecule has 0 radical (unpaired) electrons. The summed E-state index contributed by atoms with van der Waals surface area (Å²) in [6.45, 7) is -0.322. The van der Waals surface area contributed by atoms with Crippen molar-refractivity contribution >= 4 is 27.3 Å². The van der Waals surface area contributed by atoms with Crippen molar-refractivity contribution in [1.29, 1.82) is 5.26 Å². The number of nitriles is 1. The fourth-order valence-electron chi connectivity index (χ4n) is 2.79. The molecule has 0 aliphatic heterocycles. The van der Waals surface area contributed by atoms with Crippen molar-refractivity contribution in [3.05, 3.63) is 88.1 Å². The molecule has 1 aromatic heterocycles. The highest BCUT2D eigenvalue weighted by atomic mass is 32.2. The summed E-state index contributed by atoms with van der Waals surface area (Å²) in [5, 5.41) is 13.7. The molecule has 1 unspecified atom stereocenters. The number of carbonyl (C=O) groups excluding carboxylic acids is 1. The zero-order valence-electron chi connectivity index (χ0n) is 15.6. The Morgan fingerprint density at radius 3 is 2.38 bits per heavy atom. The molecule has 0 aliphatic carbocycles. The lowest BCUT2D eigenvalue weighted by Gasteiger charge is -2.21. The predicted molar refractivity (Wildman–Crippen MR) is 112 cm³/mol. The number of nitrogens with zero attached hydrogens (tertiary/aromatic N) is 2. The molecular weight excluding hydrogens is 406 g/mol. The molecule has 1 amide bonds. The third-order valence-corrected chi connectivity index (χ3v) is 7.08. The largest absolute Gasteiger partial charge is 0.343 e. The minimum Gasteiger partial charge on any atom is -0.343 e. The van der Waals surface area contributed by atoms with E-state index in [0.717, 1.165) is 14.7 Å². The molecule has 1 N–H and O–H groups in total. The first-order valence-electron chi connectivity index (χ1n) is 8.76. The summed E-state index contributed by atoms with van der Waals surface area (Å²) in [5.41, 5.74) is 1.28. The molecule has 0 spiro atoms. The Hall–Kier alpha value is -2.99. The molecular formula is C21H19N3O3S2. The monoisotopic (exact) mass is 425 g/mol. The van der Waals surface area contributed by atoms with Gasteiger partial charge in [0.1, 0.15) is 0 Å². The topological polar surface area (TPSA) is 90.3 Å². The van der Waals surface area contributed by atoms with Crippen LogP contribution in [0.1, 0.15) is 22.0 Å². The lowest BCUT2D eigenvalue weighted by atomic mass is 10.1. The maximum atomic E-state index is 12.7. The van der Waals surface area contributed by atoms with E-state index in [4.69, 9.17) is 5.26 Å². The number of amides is 1. The number of thiophene rings is 1. The van der Waals surface area contributed by atoms with Crippen LogP contribution in [0.5, 0.6) is 0 Å². The van der Waals surface area contributed by atoms with Crippen molar-refractivity contribution in [2.45, 2.75) is 10.9 Å². The lowest BCUT2D eigenvalue weighted by molar-refractivity contribution is -0.121. The molecule has 0 saturated carbocycles. The van der Waals surface area contributed by atoms with Crippen LogP contribution in [-0.2, 0) is 14.8 Å². The Morgan fingerprint density at radius 1 is 1.10 bits per heavy atom. The van der Waals surface area contributed by atoms with E-state index in [0.29, 0.717) is 5.56 Å². The van der Waals surface area contributed by atoms with Crippen LogP contribution in [0.3, 0.4) is 0 Å². The van der Waals surface area contributed by atoms with Crippen LogP contribution in [0.25, 0.3) is 0 Å². The van der Waals surface area contributed by atoms with Crippen molar-refractivity contribution in [2.24, 2.45) is 0 Å². The average Bonchev–Trinajstić information content (AvgIpc) is 3.27. The Labute approximate surface area is 174 Å². The van der Waals surface area contributed by atoms with E-state index in [1.807, 2.05) is 53.9 Å². The summed E-state index contributed by atoms with van der Waals surface area (Å²) in [7, 11) is -2.49. The average molecular weight is 426 g/mol. The number of rotatable bonds is 7. The number of likely N-dealkylation sites (N-methyl/N-ethyl adjacent to an activating group) is 1. The van der Waals surface area contributed by atoms with Gasteiger partial charge < -0.3 is 5.32 Å². The normalized spacial score (nSPS) is 12.3. The van der Waals surface area contributed by atoms with E-state index in [1.54, 1.807) is 0 Å². The first kappa shape index (κ1) is 20.7. The lowest BCUT2D eigenvalue weighted by Crippen LogP contribution is -2.39. The van der Waals surface area contributed by atoms with Gasteiger partial charge in [0.15, 0.2) is 0 Å². The van der Waals surface area contributed by atoms with Gasteiger partial charge in [-0.05, 0) is 41.3 Å². The minimum atomic E-state index is -3.85. The fraction of sp³-hybridized carbons (Fsp3) is 0.143. The molecule has 0 bridgehead atoms. The highest BCUT2D eigenvalue weighted by Gasteiger charge is 2.25. The number of hydrogen-bond donors (Lipinski definition) is 1. The van der Waals surface area contributed by atoms with Crippen LogP contribution >= 0.6 is 11.3 Å². The van der Waals surface area contributed by atoms with E-state index in [-0.39, 0.29) is 17.5 Å². The SMILES string of the molecule is CN(CC(=O)NC(c1ccccc1)c1cccs1)S(=O)(=O)c1ccc(C#N)cc1. The second-order valence-corrected chi connectivity index (χ2v) is 9.35. The number of sulfonamides is 1. The van der Waals surface area contributed by atoms with Gasteiger partial charge in [-0.25, -0.2) is 8.42 Å². The summed E-state index contributed by atoms with van der Waals surface area (Å²) < 4.78 is 26.4. The van der Waals surface area contributed by atoms with Crippen molar-refractivity contribution in [3.8, 4) is 6.07 Å². The van der Waals surface area contributed by atoms with Gasteiger partial charge in [0.2, 0.25) is 15.9 Å². The van der Waals surface area contributed by atoms with E-state index in [2.05, 4.69) is 5.32 Å². The standard InChI is InChI=1S/C21H19N3O3S2/c1-24(29(26,27)18-11-9-16(14-22)10-12-18)15-20(25)23-21(19-8-5-13-28-19)17-6-3-2-4-7-17/h2-13,21H,15H2,1H3,(H,23,25). The molecule has 2 aromatic carbocycles. The molecule has 0 fully saturated rings. The van der Waals surface area contributed by atoms with Crippen LogP contribution in [-0.4, -0.2) is 32.2 Å². The van der Waals surface area contributed by atoms with Gasteiger partial charge in [0.05, 0.1) is 29.1 Å². The molecule has 1 heterocycles. The zero-order valence-corrected chi connectivity index (χ0v) is 17.3. The van der Waals surface area contributed by atoms with Crippen molar-refractivity contribution < 1.29 is 13.2 Å². The highest BCUT2D eigenvalue weighted by Crippen LogP contribution is 2.26. The molecule has 0 aliphatic rings.